The topological polar surface area (TPSA) is 84.7 Å². The van der Waals surface area contributed by atoms with Gasteiger partial charge in [0, 0.05) is 36.9 Å². The monoisotopic (exact) mass is 407 g/mol. The zero-order chi connectivity index (χ0) is 19.9. The molecule has 2 amide bonds. The number of rotatable bonds is 7. The van der Waals surface area contributed by atoms with Crippen molar-refractivity contribution in [2.24, 2.45) is 11.8 Å². The van der Waals surface area contributed by atoms with E-state index in [1.54, 1.807) is 11.8 Å². The summed E-state index contributed by atoms with van der Waals surface area (Å²) in [5.74, 6) is 2.18. The molecule has 4 rings (SSSR count). The minimum atomic E-state index is -0.176. The molecule has 4 heterocycles. The van der Waals surface area contributed by atoms with Gasteiger partial charge < -0.3 is 19.5 Å². The maximum absolute atomic E-state index is 12.4. The van der Waals surface area contributed by atoms with Gasteiger partial charge in [-0.25, -0.2) is 0 Å². The number of hydrogen-bond acceptors (Lipinski definition) is 6. The summed E-state index contributed by atoms with van der Waals surface area (Å²) in [5.41, 5.74) is 1.70. The quantitative estimate of drug-likeness (QED) is 0.741. The van der Waals surface area contributed by atoms with Gasteiger partial charge in [-0.3, -0.25) is 9.59 Å². The van der Waals surface area contributed by atoms with Crippen LogP contribution in [0.5, 0.6) is 0 Å². The Kier molecular flexibility index (Phi) is 5.44. The number of hydrogen-bond donors (Lipinski definition) is 1. The van der Waals surface area contributed by atoms with Gasteiger partial charge in [-0.1, -0.05) is 5.16 Å². The van der Waals surface area contributed by atoms with Crippen LogP contribution in [0.25, 0.3) is 0 Å². The number of aromatic nitrogens is 1. The molecule has 3 fully saturated rings. The van der Waals surface area contributed by atoms with Crippen LogP contribution in [0, 0.1) is 25.7 Å². The van der Waals surface area contributed by atoms with E-state index < -0.39 is 0 Å². The Hall–Kier alpha value is -1.54. The van der Waals surface area contributed by atoms with Crippen molar-refractivity contribution < 1.29 is 18.8 Å². The summed E-state index contributed by atoms with van der Waals surface area (Å²) in [7, 11) is 0. The van der Waals surface area contributed by atoms with Gasteiger partial charge in [-0.15, -0.1) is 0 Å². The Labute approximate surface area is 169 Å². The number of amides is 2. The molecule has 7 nitrogen and oxygen atoms in total. The van der Waals surface area contributed by atoms with Gasteiger partial charge >= 0.3 is 0 Å². The van der Waals surface area contributed by atoms with E-state index in [0.717, 1.165) is 36.4 Å². The first-order valence-corrected chi connectivity index (χ1v) is 11.5. The SMILES string of the molecule is CSCC(=O)N1C[C@@H]2[C@H](CNC(=O)CCc3c(C)noc3C)[C@H]3CC[C@]2(C1)O3. The number of nitrogens with one attached hydrogen (secondary N) is 1. The van der Waals surface area contributed by atoms with Gasteiger partial charge in [-0.2, -0.15) is 11.8 Å². The lowest BCUT2D eigenvalue weighted by molar-refractivity contribution is -0.129. The molecule has 3 aliphatic heterocycles. The van der Waals surface area contributed by atoms with Crippen molar-refractivity contribution in [3.05, 3.63) is 17.0 Å². The highest BCUT2D eigenvalue weighted by molar-refractivity contribution is 7.99. The molecule has 0 aromatic carbocycles. The number of likely N-dealkylation sites (tertiary alicyclic amines) is 1. The molecule has 2 bridgehead atoms. The van der Waals surface area contributed by atoms with Crippen molar-refractivity contribution >= 4 is 23.6 Å². The second-order valence-corrected chi connectivity index (χ2v) is 9.21. The molecule has 1 N–H and O–H groups in total. The first-order chi connectivity index (χ1) is 13.4. The number of carbonyl (C=O) groups is 2. The molecule has 0 unspecified atom stereocenters. The van der Waals surface area contributed by atoms with E-state index in [0.29, 0.717) is 43.5 Å². The summed E-state index contributed by atoms with van der Waals surface area (Å²) in [4.78, 5) is 26.7. The second kappa shape index (κ2) is 7.71. The third-order valence-electron chi connectivity index (χ3n) is 6.72. The minimum Gasteiger partial charge on any atom is -0.369 e. The smallest absolute Gasteiger partial charge is 0.232 e. The third-order valence-corrected chi connectivity index (χ3v) is 7.26. The van der Waals surface area contributed by atoms with Crippen molar-refractivity contribution in [1.29, 1.82) is 0 Å². The molecule has 3 aliphatic rings. The van der Waals surface area contributed by atoms with Crippen LogP contribution in [-0.2, 0) is 20.7 Å². The number of nitrogens with zero attached hydrogens (tertiary/aromatic N) is 2. The van der Waals surface area contributed by atoms with Gasteiger partial charge in [0.05, 0.1) is 29.7 Å². The average Bonchev–Trinajstić information content (AvgIpc) is 3.39. The molecule has 1 aromatic rings. The van der Waals surface area contributed by atoms with Crippen molar-refractivity contribution in [2.75, 3.05) is 31.6 Å². The summed E-state index contributed by atoms with van der Waals surface area (Å²) >= 11 is 1.56. The number of carbonyl (C=O) groups excluding carboxylic acids is 2. The van der Waals surface area contributed by atoms with Crippen molar-refractivity contribution in [1.82, 2.24) is 15.4 Å². The highest BCUT2D eigenvalue weighted by Crippen LogP contribution is 2.54. The third kappa shape index (κ3) is 3.45. The van der Waals surface area contributed by atoms with Crippen molar-refractivity contribution in [3.63, 3.8) is 0 Å². The lowest BCUT2D eigenvalue weighted by Crippen LogP contribution is -2.41. The van der Waals surface area contributed by atoms with E-state index in [4.69, 9.17) is 9.26 Å². The van der Waals surface area contributed by atoms with Crippen LogP contribution in [-0.4, -0.2) is 65.2 Å². The molecule has 154 valence electrons. The Balaban J connectivity index is 1.31. The number of fused-ring (bicyclic) bond motifs is 1. The fraction of sp³-hybridized carbons (Fsp3) is 0.750. The second-order valence-electron chi connectivity index (χ2n) is 8.34. The van der Waals surface area contributed by atoms with E-state index in [9.17, 15) is 9.59 Å². The van der Waals surface area contributed by atoms with Crippen LogP contribution >= 0.6 is 11.8 Å². The van der Waals surface area contributed by atoms with Crippen molar-refractivity contribution in [2.45, 2.75) is 51.2 Å². The predicted molar refractivity (Wildman–Crippen MR) is 106 cm³/mol. The van der Waals surface area contributed by atoms with E-state index in [1.165, 1.54) is 0 Å². The average molecular weight is 408 g/mol. The molecule has 8 heteroatoms. The van der Waals surface area contributed by atoms with Gasteiger partial charge in [0.15, 0.2) is 0 Å². The van der Waals surface area contributed by atoms with E-state index in [1.807, 2.05) is 25.0 Å². The Morgan fingerprint density at radius 1 is 1.39 bits per heavy atom. The molecule has 1 aromatic heterocycles. The summed E-state index contributed by atoms with van der Waals surface area (Å²) in [6.07, 6.45) is 5.29. The maximum atomic E-state index is 12.4. The molecular weight excluding hydrogens is 378 g/mol. The normalized spacial score (nSPS) is 30.7. The standard InChI is InChI=1S/C20H29N3O4S/c1-12-14(13(2)27-22-12)4-5-18(24)21-8-15-16-9-23(19(25)10-28-3)11-20(16)7-6-17(15)26-20/h15-17H,4-11H2,1-3H3,(H,21,24)/t15-,16+,17+,20+/m0/s1. The molecule has 0 radical (unpaired) electrons. The molecule has 3 saturated heterocycles. The van der Waals surface area contributed by atoms with Crippen LogP contribution < -0.4 is 5.32 Å². The molecule has 1 spiro atoms. The van der Waals surface area contributed by atoms with Crippen molar-refractivity contribution in [3.8, 4) is 0 Å². The highest BCUT2D eigenvalue weighted by Gasteiger charge is 2.63. The molecule has 0 aliphatic carbocycles. The largest absolute Gasteiger partial charge is 0.369 e. The Morgan fingerprint density at radius 3 is 2.93 bits per heavy atom. The fourth-order valence-electron chi connectivity index (χ4n) is 5.29. The zero-order valence-electron chi connectivity index (χ0n) is 16.8. The van der Waals surface area contributed by atoms with Crippen LogP contribution in [0.3, 0.4) is 0 Å². The Morgan fingerprint density at radius 2 is 2.21 bits per heavy atom. The van der Waals surface area contributed by atoms with E-state index >= 15 is 0 Å². The lowest BCUT2D eigenvalue weighted by atomic mass is 9.73. The van der Waals surface area contributed by atoms with Gasteiger partial charge in [0.25, 0.3) is 0 Å². The number of aryl methyl sites for hydroxylation is 2. The van der Waals surface area contributed by atoms with Crippen LogP contribution in [0.1, 0.15) is 36.3 Å². The number of ether oxygens (including phenoxy) is 1. The maximum Gasteiger partial charge on any atom is 0.232 e. The van der Waals surface area contributed by atoms with E-state index in [2.05, 4.69) is 10.5 Å². The van der Waals surface area contributed by atoms with E-state index in [-0.39, 0.29) is 23.5 Å². The first-order valence-electron chi connectivity index (χ1n) is 10.1. The lowest BCUT2D eigenvalue weighted by Gasteiger charge is -2.29. The molecule has 28 heavy (non-hydrogen) atoms. The first kappa shape index (κ1) is 19.8. The van der Waals surface area contributed by atoms with Gasteiger partial charge in [0.1, 0.15) is 5.76 Å². The van der Waals surface area contributed by atoms with Gasteiger partial charge in [0.2, 0.25) is 11.8 Å². The highest BCUT2D eigenvalue weighted by atomic mass is 32.2. The van der Waals surface area contributed by atoms with Gasteiger partial charge in [-0.05, 0) is 39.4 Å². The molecule has 4 atom stereocenters. The zero-order valence-corrected chi connectivity index (χ0v) is 17.6. The number of thioether (sulfide) groups is 1. The Bertz CT molecular complexity index is 747. The predicted octanol–water partition coefficient (Wildman–Crippen LogP) is 1.71. The van der Waals surface area contributed by atoms with Crippen LogP contribution in [0.15, 0.2) is 4.52 Å². The molecule has 0 saturated carbocycles. The summed E-state index contributed by atoms with van der Waals surface area (Å²) in [6, 6.07) is 0. The summed E-state index contributed by atoms with van der Waals surface area (Å²) in [6.45, 7) is 5.88. The summed E-state index contributed by atoms with van der Waals surface area (Å²) < 4.78 is 11.5. The summed E-state index contributed by atoms with van der Waals surface area (Å²) in [5, 5.41) is 7.05. The fourth-order valence-corrected chi connectivity index (χ4v) is 5.72. The minimum absolute atomic E-state index is 0.0464. The van der Waals surface area contributed by atoms with Crippen LogP contribution in [0.4, 0.5) is 0 Å². The van der Waals surface area contributed by atoms with Crippen LogP contribution in [0.2, 0.25) is 0 Å². The molecular formula is C20H29N3O4S.